The van der Waals surface area contributed by atoms with Crippen LogP contribution in [-0.2, 0) is 11.3 Å². The Balaban J connectivity index is 1.42. The molecule has 30 heavy (non-hydrogen) atoms. The highest BCUT2D eigenvalue weighted by Crippen LogP contribution is 2.36. The van der Waals surface area contributed by atoms with Crippen molar-refractivity contribution in [3.05, 3.63) is 36.6 Å². The van der Waals surface area contributed by atoms with E-state index in [1.165, 1.54) is 11.3 Å². The van der Waals surface area contributed by atoms with Gasteiger partial charge in [-0.25, -0.2) is 9.48 Å². The Labute approximate surface area is 177 Å². The predicted molar refractivity (Wildman–Crippen MR) is 116 cm³/mol. The Bertz CT molecular complexity index is 828. The molecule has 9 heteroatoms. The second-order valence-electron chi connectivity index (χ2n) is 7.79. The van der Waals surface area contributed by atoms with Crippen LogP contribution in [0.1, 0.15) is 19.8 Å². The van der Waals surface area contributed by atoms with Crippen LogP contribution in [0.3, 0.4) is 0 Å². The van der Waals surface area contributed by atoms with Crippen molar-refractivity contribution in [1.82, 2.24) is 24.6 Å². The highest BCUT2D eigenvalue weighted by molar-refractivity contribution is 5.67. The summed E-state index contributed by atoms with van der Waals surface area (Å²) in [5.74, 6) is 1.48. The maximum atomic E-state index is 12.0. The van der Waals surface area contributed by atoms with E-state index in [9.17, 15) is 4.79 Å². The Morgan fingerprint density at radius 3 is 2.67 bits per heavy atom. The molecular formula is C21H31N7O2. The zero-order valence-electron chi connectivity index (χ0n) is 17.7. The zero-order chi connectivity index (χ0) is 21.1. The number of fused-ring (bicyclic) bond motifs is 1. The summed E-state index contributed by atoms with van der Waals surface area (Å²) in [6.07, 6.45) is 5.64. The molecule has 1 saturated heterocycles. The summed E-state index contributed by atoms with van der Waals surface area (Å²) >= 11 is 0. The molecule has 2 aliphatic heterocycles. The molecule has 1 aromatic heterocycles. The third-order valence-corrected chi connectivity index (χ3v) is 5.94. The largest absolute Gasteiger partial charge is 0.450 e. The van der Waals surface area contributed by atoms with Crippen molar-refractivity contribution in [3.8, 4) is 0 Å². The van der Waals surface area contributed by atoms with Crippen molar-refractivity contribution in [2.24, 2.45) is 0 Å². The van der Waals surface area contributed by atoms with Crippen LogP contribution in [0.5, 0.6) is 0 Å². The van der Waals surface area contributed by atoms with E-state index in [0.717, 1.165) is 38.4 Å². The Kier molecular flexibility index (Phi) is 6.08. The first-order valence-corrected chi connectivity index (χ1v) is 10.7. The van der Waals surface area contributed by atoms with Crippen LogP contribution in [0, 0.1) is 0 Å². The molecule has 1 amide bonds. The van der Waals surface area contributed by atoms with Crippen LogP contribution >= 0.6 is 0 Å². The number of amides is 1. The molecular weight excluding hydrogens is 382 g/mol. The van der Waals surface area contributed by atoms with Gasteiger partial charge in [0.15, 0.2) is 0 Å². The van der Waals surface area contributed by atoms with Gasteiger partial charge in [0.25, 0.3) is 0 Å². The Morgan fingerprint density at radius 1 is 1.27 bits per heavy atom. The number of piperazine rings is 1. The SMILES string of the molecule is C=CCN(CC=C)c1nc2n(n1)CC1=C(N2)C(N2CCN(C(=O)OCC)CC2)CC1. The third-order valence-electron chi connectivity index (χ3n) is 5.94. The van der Waals surface area contributed by atoms with Crippen molar-refractivity contribution in [1.29, 1.82) is 0 Å². The standard InChI is InChI=1S/C21H31N7O2/c1-4-9-26(10-5-2)20-23-19-22-18-16(15-28(19)24-20)7-8-17(18)25-11-13-27(14-12-25)21(29)30-6-3/h4-5,17H,1-2,6-15H2,3H3,(H,22,23,24). The van der Waals surface area contributed by atoms with Gasteiger partial charge < -0.3 is 19.9 Å². The number of aromatic nitrogens is 3. The van der Waals surface area contributed by atoms with Gasteiger partial charge in [0.05, 0.1) is 19.2 Å². The summed E-state index contributed by atoms with van der Waals surface area (Å²) in [5.41, 5.74) is 2.67. The first-order valence-electron chi connectivity index (χ1n) is 10.7. The first-order chi connectivity index (χ1) is 14.6. The number of hydrogen-bond donors (Lipinski definition) is 1. The summed E-state index contributed by atoms with van der Waals surface area (Å²) in [4.78, 5) is 23.0. The summed E-state index contributed by atoms with van der Waals surface area (Å²) in [5, 5.41) is 8.26. The van der Waals surface area contributed by atoms with Crippen LogP contribution < -0.4 is 10.2 Å². The maximum Gasteiger partial charge on any atom is 0.409 e. The summed E-state index contributed by atoms with van der Waals surface area (Å²) in [7, 11) is 0. The molecule has 9 nitrogen and oxygen atoms in total. The second kappa shape index (κ2) is 8.91. The molecule has 0 saturated carbocycles. The van der Waals surface area contributed by atoms with Crippen molar-refractivity contribution in [2.45, 2.75) is 32.4 Å². The molecule has 0 spiro atoms. The van der Waals surface area contributed by atoms with E-state index < -0.39 is 0 Å². The number of ether oxygens (including phenoxy) is 1. The molecule has 3 aliphatic rings. The average molecular weight is 414 g/mol. The molecule has 1 N–H and O–H groups in total. The number of allylic oxidation sites excluding steroid dienone is 1. The van der Waals surface area contributed by atoms with E-state index in [-0.39, 0.29) is 6.09 Å². The van der Waals surface area contributed by atoms with Gasteiger partial charge in [0.1, 0.15) is 0 Å². The fourth-order valence-electron chi connectivity index (χ4n) is 4.48. The fourth-order valence-corrected chi connectivity index (χ4v) is 4.48. The van der Waals surface area contributed by atoms with Gasteiger partial charge in [-0.05, 0) is 25.3 Å². The van der Waals surface area contributed by atoms with Crippen molar-refractivity contribution >= 4 is 18.0 Å². The number of nitrogens with zero attached hydrogens (tertiary/aromatic N) is 6. The van der Waals surface area contributed by atoms with E-state index in [2.05, 4.69) is 23.4 Å². The van der Waals surface area contributed by atoms with Gasteiger partial charge in [0, 0.05) is 45.0 Å². The molecule has 1 unspecified atom stereocenters. The van der Waals surface area contributed by atoms with E-state index in [1.54, 1.807) is 4.90 Å². The third kappa shape index (κ3) is 3.94. The van der Waals surface area contributed by atoms with E-state index in [0.29, 0.717) is 44.8 Å². The minimum absolute atomic E-state index is 0.205. The summed E-state index contributed by atoms with van der Waals surface area (Å²) < 4.78 is 7.09. The van der Waals surface area contributed by atoms with Gasteiger partial charge in [-0.1, -0.05) is 12.2 Å². The quantitative estimate of drug-likeness (QED) is 0.686. The topological polar surface area (TPSA) is 78.8 Å². The maximum absolute atomic E-state index is 12.0. The molecule has 162 valence electrons. The van der Waals surface area contributed by atoms with Gasteiger partial charge in [-0.3, -0.25) is 4.90 Å². The smallest absolute Gasteiger partial charge is 0.409 e. The lowest BCUT2D eigenvalue weighted by atomic mass is 10.1. The molecule has 1 aliphatic carbocycles. The second-order valence-corrected chi connectivity index (χ2v) is 7.79. The van der Waals surface area contributed by atoms with E-state index in [4.69, 9.17) is 14.8 Å². The lowest BCUT2D eigenvalue weighted by molar-refractivity contribution is 0.0713. The molecule has 1 atom stereocenters. The number of nitrogens with one attached hydrogen (secondary N) is 1. The number of anilines is 2. The van der Waals surface area contributed by atoms with Crippen LogP contribution in [0.2, 0.25) is 0 Å². The van der Waals surface area contributed by atoms with Gasteiger partial charge in [-0.2, -0.15) is 4.98 Å². The van der Waals surface area contributed by atoms with E-state index >= 15 is 0 Å². The van der Waals surface area contributed by atoms with Crippen molar-refractivity contribution < 1.29 is 9.53 Å². The minimum atomic E-state index is -0.205. The average Bonchev–Trinajstić information content (AvgIpc) is 3.35. The highest BCUT2D eigenvalue weighted by atomic mass is 16.6. The molecule has 1 aromatic rings. The summed E-state index contributed by atoms with van der Waals surface area (Å²) in [6.45, 7) is 15.2. The van der Waals surface area contributed by atoms with Gasteiger partial charge in [0.2, 0.25) is 11.9 Å². The Hall–Kier alpha value is -2.81. The molecule has 0 radical (unpaired) electrons. The molecule has 0 bridgehead atoms. The number of hydrogen-bond acceptors (Lipinski definition) is 7. The summed E-state index contributed by atoms with van der Waals surface area (Å²) in [6, 6.07) is 0.343. The lowest BCUT2D eigenvalue weighted by Crippen LogP contribution is -2.52. The molecule has 3 heterocycles. The number of carbonyl (C=O) groups excluding carboxylic acids is 1. The molecule has 0 aromatic carbocycles. The lowest BCUT2D eigenvalue weighted by Gasteiger charge is -2.38. The molecule has 1 fully saturated rings. The van der Waals surface area contributed by atoms with Crippen LogP contribution in [0.25, 0.3) is 0 Å². The van der Waals surface area contributed by atoms with Crippen LogP contribution in [-0.4, -0.2) is 82.6 Å². The predicted octanol–water partition coefficient (Wildman–Crippen LogP) is 2.07. The minimum Gasteiger partial charge on any atom is -0.450 e. The number of rotatable bonds is 7. The van der Waals surface area contributed by atoms with Crippen molar-refractivity contribution in [3.63, 3.8) is 0 Å². The fraction of sp³-hybridized carbons (Fsp3) is 0.571. The zero-order valence-corrected chi connectivity index (χ0v) is 17.7. The molecule has 4 rings (SSSR count). The van der Waals surface area contributed by atoms with Crippen LogP contribution in [0.15, 0.2) is 36.6 Å². The highest BCUT2D eigenvalue weighted by Gasteiger charge is 2.36. The normalized spacial score (nSPS) is 21.0. The van der Waals surface area contributed by atoms with Crippen molar-refractivity contribution in [2.75, 3.05) is 56.1 Å². The Morgan fingerprint density at radius 2 is 2.00 bits per heavy atom. The monoisotopic (exact) mass is 413 g/mol. The first kappa shape index (κ1) is 20.5. The van der Waals surface area contributed by atoms with Gasteiger partial charge in [-0.15, -0.1) is 18.3 Å². The van der Waals surface area contributed by atoms with Crippen LogP contribution in [0.4, 0.5) is 16.7 Å². The van der Waals surface area contributed by atoms with E-state index in [1.807, 2.05) is 28.7 Å². The number of carbonyl (C=O) groups is 1. The van der Waals surface area contributed by atoms with Gasteiger partial charge >= 0.3 is 6.09 Å².